The fraction of sp³-hybridized carbons (Fsp3) is 0.667. The summed E-state index contributed by atoms with van der Waals surface area (Å²) >= 11 is 1.23. The second-order valence-electron chi connectivity index (χ2n) is 2.22. The summed E-state index contributed by atoms with van der Waals surface area (Å²) in [4.78, 5) is 20.9. The molecule has 0 saturated carbocycles. The van der Waals surface area contributed by atoms with Crippen molar-refractivity contribution in [1.82, 2.24) is 0 Å². The van der Waals surface area contributed by atoms with Crippen LogP contribution in [0.25, 0.3) is 0 Å². The van der Waals surface area contributed by atoms with Gasteiger partial charge in [-0.15, -0.1) is 11.8 Å². The Kier molecular flexibility index (Phi) is 2.32. The fourth-order valence-corrected chi connectivity index (χ4v) is 1.79. The quantitative estimate of drug-likeness (QED) is 0.608. The van der Waals surface area contributed by atoms with Crippen LogP contribution in [0, 0.1) is 0 Å². The maximum Gasteiger partial charge on any atom is 0.316 e. The zero-order valence-corrected chi connectivity index (χ0v) is 6.19. The lowest BCUT2D eigenvalue weighted by Gasteiger charge is -2.15. The second-order valence-corrected chi connectivity index (χ2v) is 3.41. The highest BCUT2D eigenvalue weighted by molar-refractivity contribution is 8.01. The maximum absolute atomic E-state index is 10.6. The van der Waals surface area contributed by atoms with E-state index in [1.165, 1.54) is 11.8 Å². The van der Waals surface area contributed by atoms with Gasteiger partial charge in [0, 0.05) is 6.42 Å². The molecule has 0 amide bonds. The Bertz CT molecular complexity index is 156. The topological polar surface area (TPSA) is 54.4 Å². The molecule has 1 N–H and O–H groups in total. The Morgan fingerprint density at radius 3 is 2.80 bits per heavy atom. The fourth-order valence-electron chi connectivity index (χ4n) is 0.836. The smallest absolute Gasteiger partial charge is 0.316 e. The molecule has 0 aromatic heterocycles. The first-order chi connectivity index (χ1) is 4.70. The molecule has 4 heteroatoms. The molecule has 10 heavy (non-hydrogen) atoms. The molecule has 1 aliphatic heterocycles. The number of Topliss-reactive ketones (excluding diaryl/α,β-unsaturated/α-hetero) is 1. The van der Waals surface area contributed by atoms with Gasteiger partial charge in [0.25, 0.3) is 0 Å². The van der Waals surface area contributed by atoms with Gasteiger partial charge in [-0.2, -0.15) is 0 Å². The minimum atomic E-state index is -0.794. The van der Waals surface area contributed by atoms with Crippen LogP contribution in [0.1, 0.15) is 12.8 Å². The first-order valence-electron chi connectivity index (χ1n) is 3.06. The molecule has 3 nitrogen and oxygen atoms in total. The molecule has 1 atom stereocenters. The summed E-state index contributed by atoms with van der Waals surface area (Å²) in [5.41, 5.74) is 0. The summed E-state index contributed by atoms with van der Waals surface area (Å²) in [6.45, 7) is 0. The number of carbonyl (C=O) groups excluding carboxylic acids is 1. The van der Waals surface area contributed by atoms with Crippen LogP contribution in [-0.4, -0.2) is 27.9 Å². The maximum atomic E-state index is 10.6. The molecule has 0 aromatic rings. The van der Waals surface area contributed by atoms with Crippen LogP contribution in [0.2, 0.25) is 0 Å². The molecule has 0 aliphatic carbocycles. The Balaban J connectivity index is 2.40. The van der Waals surface area contributed by atoms with Gasteiger partial charge in [0.05, 0.1) is 5.75 Å². The first-order valence-corrected chi connectivity index (χ1v) is 4.11. The van der Waals surface area contributed by atoms with Crippen LogP contribution in [0.15, 0.2) is 0 Å². The van der Waals surface area contributed by atoms with Gasteiger partial charge in [0.1, 0.15) is 11.0 Å². The predicted octanol–water partition coefficient (Wildman–Crippen LogP) is 0.536. The highest BCUT2D eigenvalue weighted by Gasteiger charge is 2.24. The van der Waals surface area contributed by atoms with Gasteiger partial charge in [0.15, 0.2) is 0 Å². The molecule has 0 spiro atoms. The van der Waals surface area contributed by atoms with Gasteiger partial charge >= 0.3 is 5.97 Å². The standard InChI is InChI=1S/C6H8O3S/c7-4-1-2-5(6(8)9)10-3-4/h5H,1-3H2,(H,8,9)/t5-/m1/s1. The lowest BCUT2D eigenvalue weighted by Crippen LogP contribution is -2.24. The molecular weight excluding hydrogens is 152 g/mol. The van der Waals surface area contributed by atoms with Crippen molar-refractivity contribution in [3.63, 3.8) is 0 Å². The van der Waals surface area contributed by atoms with Crippen molar-refractivity contribution in [1.29, 1.82) is 0 Å². The molecule has 1 fully saturated rings. The number of thioether (sulfide) groups is 1. The minimum Gasteiger partial charge on any atom is -0.480 e. The third-order valence-corrected chi connectivity index (χ3v) is 2.73. The Morgan fingerprint density at radius 1 is 1.70 bits per heavy atom. The summed E-state index contributed by atoms with van der Waals surface area (Å²) in [6, 6.07) is 0. The Labute approximate surface area is 62.8 Å². The molecule has 0 radical (unpaired) electrons. The highest BCUT2D eigenvalue weighted by atomic mass is 32.2. The molecule has 0 aromatic carbocycles. The Hall–Kier alpha value is -0.510. The number of carboxylic acid groups (broad SMARTS) is 1. The number of ketones is 1. The van der Waals surface area contributed by atoms with Crippen LogP contribution in [0.5, 0.6) is 0 Å². The molecule has 56 valence electrons. The van der Waals surface area contributed by atoms with Crippen LogP contribution >= 0.6 is 11.8 Å². The zero-order valence-electron chi connectivity index (χ0n) is 5.37. The first kappa shape index (κ1) is 7.60. The van der Waals surface area contributed by atoms with Crippen LogP contribution in [-0.2, 0) is 9.59 Å². The van der Waals surface area contributed by atoms with Gasteiger partial charge in [-0.1, -0.05) is 0 Å². The van der Waals surface area contributed by atoms with Crippen molar-refractivity contribution >= 4 is 23.5 Å². The molecule has 1 heterocycles. The summed E-state index contributed by atoms with van der Waals surface area (Å²) in [5, 5.41) is 8.14. The van der Waals surface area contributed by atoms with E-state index >= 15 is 0 Å². The molecule has 1 rings (SSSR count). The largest absolute Gasteiger partial charge is 0.480 e. The number of hydrogen-bond donors (Lipinski definition) is 1. The zero-order chi connectivity index (χ0) is 7.56. The highest BCUT2D eigenvalue weighted by Crippen LogP contribution is 2.22. The lowest BCUT2D eigenvalue weighted by atomic mass is 10.2. The van der Waals surface area contributed by atoms with Crippen molar-refractivity contribution in [2.45, 2.75) is 18.1 Å². The van der Waals surface area contributed by atoms with E-state index in [0.717, 1.165) is 0 Å². The third kappa shape index (κ3) is 1.73. The van der Waals surface area contributed by atoms with E-state index in [-0.39, 0.29) is 11.0 Å². The van der Waals surface area contributed by atoms with Crippen LogP contribution in [0.3, 0.4) is 0 Å². The average Bonchev–Trinajstić information content (AvgIpc) is 1.88. The summed E-state index contributed by atoms with van der Waals surface area (Å²) in [5.74, 6) is -0.253. The number of carbonyl (C=O) groups is 2. The van der Waals surface area contributed by atoms with Crippen molar-refractivity contribution in [2.75, 3.05) is 5.75 Å². The monoisotopic (exact) mass is 160 g/mol. The van der Waals surface area contributed by atoms with Gasteiger partial charge in [0.2, 0.25) is 0 Å². The van der Waals surface area contributed by atoms with Crippen molar-refractivity contribution in [2.24, 2.45) is 0 Å². The van der Waals surface area contributed by atoms with Gasteiger partial charge in [-0.05, 0) is 6.42 Å². The van der Waals surface area contributed by atoms with E-state index in [9.17, 15) is 9.59 Å². The van der Waals surface area contributed by atoms with E-state index in [2.05, 4.69) is 0 Å². The average molecular weight is 160 g/mol. The number of aliphatic carboxylic acids is 1. The van der Waals surface area contributed by atoms with E-state index in [4.69, 9.17) is 5.11 Å². The number of hydrogen-bond acceptors (Lipinski definition) is 3. The van der Waals surface area contributed by atoms with Crippen LogP contribution in [0.4, 0.5) is 0 Å². The molecule has 0 bridgehead atoms. The molecule has 0 unspecified atom stereocenters. The predicted molar refractivity (Wildman–Crippen MR) is 38.1 cm³/mol. The SMILES string of the molecule is O=C1CC[C@H](C(=O)O)SC1. The molecule has 1 aliphatic rings. The minimum absolute atomic E-state index is 0.169. The van der Waals surface area contributed by atoms with Crippen molar-refractivity contribution < 1.29 is 14.7 Å². The van der Waals surface area contributed by atoms with E-state index in [1.54, 1.807) is 0 Å². The summed E-state index contributed by atoms with van der Waals surface area (Å²) in [6.07, 6.45) is 0.933. The van der Waals surface area contributed by atoms with Gasteiger partial charge < -0.3 is 5.11 Å². The molecule has 1 saturated heterocycles. The number of carboxylic acids is 1. The van der Waals surface area contributed by atoms with Crippen molar-refractivity contribution in [3.05, 3.63) is 0 Å². The third-order valence-electron chi connectivity index (χ3n) is 1.41. The molecular formula is C6H8O3S. The van der Waals surface area contributed by atoms with Crippen molar-refractivity contribution in [3.8, 4) is 0 Å². The summed E-state index contributed by atoms with van der Waals surface area (Å²) in [7, 11) is 0. The van der Waals surface area contributed by atoms with Gasteiger partial charge in [-0.25, -0.2) is 0 Å². The van der Waals surface area contributed by atoms with E-state index in [0.29, 0.717) is 18.6 Å². The lowest BCUT2D eigenvalue weighted by molar-refractivity contribution is -0.136. The number of rotatable bonds is 1. The van der Waals surface area contributed by atoms with Gasteiger partial charge in [-0.3, -0.25) is 9.59 Å². The Morgan fingerprint density at radius 2 is 2.40 bits per heavy atom. The van der Waals surface area contributed by atoms with E-state index < -0.39 is 5.97 Å². The normalized spacial score (nSPS) is 26.4. The summed E-state index contributed by atoms with van der Waals surface area (Å²) < 4.78 is 0. The van der Waals surface area contributed by atoms with Crippen LogP contribution < -0.4 is 0 Å². The van der Waals surface area contributed by atoms with E-state index in [1.807, 2.05) is 0 Å². The second kappa shape index (κ2) is 3.05.